The van der Waals surface area contributed by atoms with Crippen LogP contribution in [0.3, 0.4) is 0 Å². The van der Waals surface area contributed by atoms with Crippen LogP contribution in [0.5, 0.6) is 0 Å². The lowest BCUT2D eigenvalue weighted by atomic mass is 9.64. The molecule has 0 amide bonds. The summed E-state index contributed by atoms with van der Waals surface area (Å²) in [6, 6.07) is 2.28. The van der Waals surface area contributed by atoms with Crippen molar-refractivity contribution < 1.29 is 9.84 Å². The number of ether oxygens (including phenoxy) is 1. The van der Waals surface area contributed by atoms with Gasteiger partial charge in [0.25, 0.3) is 0 Å². The minimum absolute atomic E-state index is 0.0338. The topological polar surface area (TPSA) is 95.5 Å². The first-order valence-electron chi connectivity index (χ1n) is 9.41. The number of hydrogen-bond acceptors (Lipinski definition) is 6. The Labute approximate surface area is 153 Å². The summed E-state index contributed by atoms with van der Waals surface area (Å²) in [6.07, 6.45) is 6.29. The highest BCUT2D eigenvalue weighted by Crippen LogP contribution is 2.48. The molecule has 2 aromatic rings. The lowest BCUT2D eigenvalue weighted by Crippen LogP contribution is -2.42. The van der Waals surface area contributed by atoms with E-state index in [1.807, 2.05) is 11.4 Å². The Morgan fingerprint density at radius 2 is 2.31 bits per heavy atom. The summed E-state index contributed by atoms with van der Waals surface area (Å²) < 4.78 is 7.20. The fourth-order valence-electron chi connectivity index (χ4n) is 4.30. The molecule has 0 radical (unpaired) electrons. The van der Waals surface area contributed by atoms with Crippen LogP contribution in [0.1, 0.15) is 55.8 Å². The number of nitrogens with one attached hydrogen (secondary N) is 1. The molecular weight excluding hydrogens is 330 g/mol. The quantitative estimate of drug-likeness (QED) is 0.874. The number of hydrogen-bond donors (Lipinski definition) is 2. The largest absolute Gasteiger partial charge is 0.389 e. The van der Waals surface area contributed by atoms with Crippen molar-refractivity contribution in [1.82, 2.24) is 14.6 Å². The summed E-state index contributed by atoms with van der Waals surface area (Å²) in [7, 11) is 0. The molecule has 3 heterocycles. The third kappa shape index (κ3) is 2.56. The molecule has 1 aliphatic heterocycles. The number of aliphatic hydroxyl groups is 1. The smallest absolute Gasteiger partial charge is 0.241 e. The molecule has 0 unspecified atom stereocenters. The average molecular weight is 355 g/mol. The van der Waals surface area contributed by atoms with Crippen LogP contribution < -0.4 is 5.32 Å². The van der Waals surface area contributed by atoms with Gasteiger partial charge in [0, 0.05) is 12.0 Å². The standard InChI is InChI=1S/C19H25N5O2/c1-3-19(6-4-7-19)17-13(9-20)12(2)15-10-21-18(23-24(15)17)22-14-5-8-26-11-16(14)25/h10,14,16,25H,3-8,11H2,1-2H3,(H,22,23)/t14-,16-/m1/s1. The highest BCUT2D eigenvalue weighted by atomic mass is 16.5. The predicted octanol–water partition coefficient (Wildman–Crippen LogP) is 2.30. The predicted molar refractivity (Wildman–Crippen MR) is 97.1 cm³/mol. The summed E-state index contributed by atoms with van der Waals surface area (Å²) in [5.41, 5.74) is 3.63. The van der Waals surface area contributed by atoms with Gasteiger partial charge < -0.3 is 15.2 Å². The van der Waals surface area contributed by atoms with E-state index in [2.05, 4.69) is 23.3 Å². The Balaban J connectivity index is 1.78. The summed E-state index contributed by atoms with van der Waals surface area (Å²) in [5.74, 6) is 0.481. The summed E-state index contributed by atoms with van der Waals surface area (Å²) in [5, 5.41) is 27.8. The first-order valence-corrected chi connectivity index (χ1v) is 9.41. The van der Waals surface area contributed by atoms with Gasteiger partial charge in [-0.15, -0.1) is 5.10 Å². The summed E-state index contributed by atoms with van der Waals surface area (Å²) >= 11 is 0. The molecule has 7 nitrogen and oxygen atoms in total. The van der Waals surface area contributed by atoms with Crippen LogP contribution in [0.2, 0.25) is 0 Å². The van der Waals surface area contributed by atoms with Crippen molar-refractivity contribution >= 4 is 11.5 Å². The van der Waals surface area contributed by atoms with Crippen LogP contribution >= 0.6 is 0 Å². The van der Waals surface area contributed by atoms with Crippen LogP contribution in [0, 0.1) is 18.3 Å². The lowest BCUT2D eigenvalue weighted by molar-refractivity contribution is -0.0136. The lowest BCUT2D eigenvalue weighted by Gasteiger charge is -2.41. The van der Waals surface area contributed by atoms with Crippen LogP contribution in [0.15, 0.2) is 6.20 Å². The Morgan fingerprint density at radius 1 is 1.50 bits per heavy atom. The van der Waals surface area contributed by atoms with E-state index < -0.39 is 6.10 Å². The van der Waals surface area contributed by atoms with Gasteiger partial charge in [-0.3, -0.25) is 0 Å². The second kappa shape index (κ2) is 6.53. The number of aromatic nitrogens is 3. The Hall–Kier alpha value is -2.17. The highest BCUT2D eigenvalue weighted by molar-refractivity contribution is 5.65. The van der Waals surface area contributed by atoms with Crippen LogP contribution in [-0.2, 0) is 10.2 Å². The van der Waals surface area contributed by atoms with Gasteiger partial charge in [-0.1, -0.05) is 13.3 Å². The van der Waals surface area contributed by atoms with Gasteiger partial charge in [-0.25, -0.2) is 9.50 Å². The molecule has 2 atom stereocenters. The van der Waals surface area contributed by atoms with E-state index in [1.54, 1.807) is 6.20 Å². The highest BCUT2D eigenvalue weighted by Gasteiger charge is 2.42. The van der Waals surface area contributed by atoms with Crippen molar-refractivity contribution in [1.29, 1.82) is 5.26 Å². The molecule has 7 heteroatoms. The van der Waals surface area contributed by atoms with Gasteiger partial charge in [-0.05, 0) is 38.2 Å². The maximum absolute atomic E-state index is 10.1. The van der Waals surface area contributed by atoms with Gasteiger partial charge >= 0.3 is 0 Å². The van der Waals surface area contributed by atoms with E-state index in [9.17, 15) is 10.4 Å². The molecule has 4 rings (SSSR count). The maximum atomic E-state index is 10.1. The second-order valence-electron chi connectivity index (χ2n) is 7.51. The second-order valence-corrected chi connectivity index (χ2v) is 7.51. The van der Waals surface area contributed by atoms with Crippen molar-refractivity contribution in [3.8, 4) is 6.07 Å². The zero-order valence-corrected chi connectivity index (χ0v) is 15.3. The SMILES string of the molecule is CCC1(c2c(C#N)c(C)c3cnc(N[C@@H]4CCOC[C@H]4O)nn23)CCC1. The number of anilines is 1. The molecule has 0 spiro atoms. The molecule has 2 fully saturated rings. The van der Waals surface area contributed by atoms with E-state index in [0.717, 1.165) is 41.6 Å². The van der Waals surface area contributed by atoms with Crippen LogP contribution in [0.4, 0.5) is 5.95 Å². The third-order valence-electron chi connectivity index (χ3n) is 6.18. The molecule has 2 aromatic heterocycles. The van der Waals surface area contributed by atoms with Gasteiger partial charge in [0.15, 0.2) is 0 Å². The molecule has 26 heavy (non-hydrogen) atoms. The molecule has 2 aliphatic rings. The Morgan fingerprint density at radius 3 is 2.92 bits per heavy atom. The number of nitriles is 1. The van der Waals surface area contributed by atoms with Gasteiger partial charge in [-0.2, -0.15) is 5.26 Å². The van der Waals surface area contributed by atoms with E-state index in [1.165, 1.54) is 6.42 Å². The average Bonchev–Trinajstić information content (AvgIpc) is 2.89. The number of aryl methyl sites for hydroxylation is 1. The molecule has 0 aromatic carbocycles. The molecule has 0 bridgehead atoms. The van der Waals surface area contributed by atoms with Crippen molar-refractivity contribution in [2.75, 3.05) is 18.5 Å². The zero-order valence-electron chi connectivity index (χ0n) is 15.3. The zero-order chi connectivity index (χ0) is 18.3. The molecule has 2 N–H and O–H groups in total. The number of rotatable bonds is 4. The van der Waals surface area contributed by atoms with Crippen molar-refractivity contribution in [3.63, 3.8) is 0 Å². The number of nitrogens with zero attached hydrogens (tertiary/aromatic N) is 4. The van der Waals surface area contributed by atoms with Crippen molar-refractivity contribution in [2.45, 2.75) is 63.5 Å². The normalized spacial score (nSPS) is 24.8. The third-order valence-corrected chi connectivity index (χ3v) is 6.18. The van der Waals surface area contributed by atoms with E-state index in [4.69, 9.17) is 9.84 Å². The maximum Gasteiger partial charge on any atom is 0.241 e. The fraction of sp³-hybridized carbons (Fsp3) is 0.632. The van der Waals surface area contributed by atoms with E-state index >= 15 is 0 Å². The van der Waals surface area contributed by atoms with Gasteiger partial charge in [0.1, 0.15) is 6.07 Å². The molecule has 138 valence electrons. The van der Waals surface area contributed by atoms with Crippen LogP contribution in [-0.4, -0.2) is 45.1 Å². The van der Waals surface area contributed by atoms with Crippen molar-refractivity contribution in [2.24, 2.45) is 0 Å². The Kier molecular flexibility index (Phi) is 4.33. The summed E-state index contributed by atoms with van der Waals surface area (Å²) in [4.78, 5) is 4.43. The number of aliphatic hydroxyl groups excluding tert-OH is 1. The van der Waals surface area contributed by atoms with E-state index in [0.29, 0.717) is 25.6 Å². The monoisotopic (exact) mass is 355 g/mol. The first kappa shape index (κ1) is 17.3. The van der Waals surface area contributed by atoms with Crippen LogP contribution in [0.25, 0.3) is 5.52 Å². The summed E-state index contributed by atoms with van der Waals surface area (Å²) in [6.45, 7) is 5.10. The molecule has 1 saturated heterocycles. The first-order chi connectivity index (χ1) is 12.6. The molecule has 1 saturated carbocycles. The fourth-order valence-corrected chi connectivity index (χ4v) is 4.30. The minimum Gasteiger partial charge on any atom is -0.389 e. The Bertz CT molecular complexity index is 859. The van der Waals surface area contributed by atoms with Gasteiger partial charge in [0.05, 0.1) is 41.7 Å². The number of fused-ring (bicyclic) bond motifs is 1. The molecular formula is C19H25N5O2. The molecule has 1 aliphatic carbocycles. The van der Waals surface area contributed by atoms with E-state index in [-0.39, 0.29) is 11.5 Å². The van der Waals surface area contributed by atoms with Gasteiger partial charge in [0.2, 0.25) is 5.95 Å². The van der Waals surface area contributed by atoms with Crippen molar-refractivity contribution in [3.05, 3.63) is 23.0 Å². The minimum atomic E-state index is -0.572.